The molecule has 0 aliphatic heterocycles. The van der Waals surface area contributed by atoms with Crippen LogP contribution in [0.5, 0.6) is 5.75 Å². The van der Waals surface area contributed by atoms with Crippen molar-refractivity contribution in [2.75, 3.05) is 19.0 Å². The molecule has 0 aliphatic rings. The van der Waals surface area contributed by atoms with Gasteiger partial charge in [-0.1, -0.05) is 13.2 Å². The Morgan fingerprint density at radius 3 is 2.38 bits per heavy atom. The highest BCUT2D eigenvalue weighted by atomic mass is 32.2. The molecule has 2 unspecified atom stereocenters. The second kappa shape index (κ2) is 11.3. The molecule has 2 atom stereocenters. The predicted octanol–water partition coefficient (Wildman–Crippen LogP) is 1.64. The maximum atomic E-state index is 10.9. The zero-order valence-electron chi connectivity index (χ0n) is 14.2. The van der Waals surface area contributed by atoms with Gasteiger partial charge in [0.15, 0.2) is 0 Å². The number of hydrogen-bond donors (Lipinski definition) is 3. The Kier molecular flexibility index (Phi) is 9.50. The fraction of sp³-hybridized carbons (Fsp3) is 0.333. The van der Waals surface area contributed by atoms with E-state index < -0.39 is 24.1 Å². The zero-order valence-corrected chi connectivity index (χ0v) is 15.0. The van der Waals surface area contributed by atoms with E-state index in [0.717, 1.165) is 11.0 Å². The molecule has 3 N–H and O–H groups in total. The van der Waals surface area contributed by atoms with Crippen molar-refractivity contribution in [2.45, 2.75) is 23.5 Å². The topological polar surface area (TPSA) is 113 Å². The van der Waals surface area contributed by atoms with Gasteiger partial charge in [0.1, 0.15) is 25.1 Å². The average Bonchev–Trinajstić information content (AvgIpc) is 2.63. The lowest BCUT2D eigenvalue weighted by molar-refractivity contribution is -0.141. The van der Waals surface area contributed by atoms with Crippen molar-refractivity contribution in [3.05, 3.63) is 49.1 Å². The van der Waals surface area contributed by atoms with Crippen LogP contribution >= 0.6 is 11.8 Å². The number of hydrogen-bond acceptors (Lipinski definition) is 7. The average molecular weight is 382 g/mol. The summed E-state index contributed by atoms with van der Waals surface area (Å²) >= 11 is 1.37. The number of carboxylic acid groups (broad SMARTS) is 1. The summed E-state index contributed by atoms with van der Waals surface area (Å²) in [4.78, 5) is 22.4. The fourth-order valence-electron chi connectivity index (χ4n) is 1.73. The van der Waals surface area contributed by atoms with E-state index in [4.69, 9.17) is 14.6 Å². The molecule has 0 bridgehead atoms. The van der Waals surface area contributed by atoms with Crippen LogP contribution in [0.2, 0.25) is 0 Å². The maximum Gasteiger partial charge on any atom is 0.331 e. The third-order valence-corrected chi connectivity index (χ3v) is 4.23. The van der Waals surface area contributed by atoms with Crippen LogP contribution in [0.25, 0.3) is 0 Å². The molecule has 0 aromatic heterocycles. The molecule has 0 spiro atoms. The van der Waals surface area contributed by atoms with Crippen molar-refractivity contribution < 1.29 is 34.4 Å². The highest BCUT2D eigenvalue weighted by molar-refractivity contribution is 7.99. The minimum Gasteiger partial charge on any atom is -0.491 e. The van der Waals surface area contributed by atoms with Crippen molar-refractivity contribution in [3.8, 4) is 5.75 Å². The van der Waals surface area contributed by atoms with Gasteiger partial charge in [-0.3, -0.25) is 0 Å². The summed E-state index contributed by atoms with van der Waals surface area (Å²) in [5.41, 5.74) is -0.0285. The van der Waals surface area contributed by atoms with Gasteiger partial charge < -0.3 is 24.8 Å². The number of carboxylic acids is 1. The first-order chi connectivity index (χ1) is 12.3. The van der Waals surface area contributed by atoms with E-state index in [1.165, 1.54) is 11.8 Å². The number of ether oxygens (including phenoxy) is 2. The summed E-state index contributed by atoms with van der Waals surface area (Å²) in [6.07, 6.45) is -0.727. The lowest BCUT2D eigenvalue weighted by atomic mass is 10.1. The van der Waals surface area contributed by atoms with Gasteiger partial charge in [0.25, 0.3) is 0 Å². The minimum absolute atomic E-state index is 0.0118. The van der Waals surface area contributed by atoms with Gasteiger partial charge in [-0.15, -0.1) is 11.8 Å². The summed E-state index contributed by atoms with van der Waals surface area (Å²) in [6, 6.07) is 6.96. The number of carbonyl (C=O) groups is 2. The molecule has 0 aliphatic carbocycles. The third-order valence-electron chi connectivity index (χ3n) is 3.08. The monoisotopic (exact) mass is 382 g/mol. The van der Waals surface area contributed by atoms with Crippen LogP contribution in [0.1, 0.15) is 6.42 Å². The van der Waals surface area contributed by atoms with Crippen molar-refractivity contribution in [1.82, 2.24) is 0 Å². The first kappa shape index (κ1) is 21.8. The van der Waals surface area contributed by atoms with Crippen LogP contribution in [0.4, 0.5) is 0 Å². The second-order valence-electron chi connectivity index (χ2n) is 5.35. The number of thioether (sulfide) groups is 1. The quantitative estimate of drug-likeness (QED) is 0.284. The number of benzene rings is 1. The number of carbonyl (C=O) groups excluding carboxylic acids is 1. The lowest BCUT2D eigenvalue weighted by Gasteiger charge is -2.13. The zero-order chi connectivity index (χ0) is 19.5. The van der Waals surface area contributed by atoms with E-state index >= 15 is 0 Å². The van der Waals surface area contributed by atoms with Crippen LogP contribution in [-0.2, 0) is 14.3 Å². The van der Waals surface area contributed by atoms with Crippen molar-refractivity contribution >= 4 is 23.7 Å². The Labute approximate surface area is 155 Å². The molecule has 1 aromatic carbocycles. The summed E-state index contributed by atoms with van der Waals surface area (Å²) in [5, 5.41) is 28.2. The maximum absolute atomic E-state index is 10.9. The SMILES string of the molecule is C=CC(=O)OCC(O)COc1ccc(SCC(O)CC(=C)C(=O)O)cc1. The van der Waals surface area contributed by atoms with Gasteiger partial charge in [-0.2, -0.15) is 0 Å². The van der Waals surface area contributed by atoms with Gasteiger partial charge in [0.05, 0.1) is 6.10 Å². The third kappa shape index (κ3) is 8.70. The van der Waals surface area contributed by atoms with Crippen molar-refractivity contribution in [2.24, 2.45) is 0 Å². The van der Waals surface area contributed by atoms with Crippen LogP contribution in [0, 0.1) is 0 Å². The second-order valence-corrected chi connectivity index (χ2v) is 6.44. The molecule has 8 heteroatoms. The number of aliphatic carboxylic acids is 1. The molecule has 0 saturated heterocycles. The van der Waals surface area contributed by atoms with Gasteiger partial charge in [0.2, 0.25) is 0 Å². The van der Waals surface area contributed by atoms with Crippen molar-refractivity contribution in [3.63, 3.8) is 0 Å². The van der Waals surface area contributed by atoms with Gasteiger partial charge in [-0.25, -0.2) is 9.59 Å². The van der Waals surface area contributed by atoms with E-state index in [0.29, 0.717) is 11.5 Å². The van der Waals surface area contributed by atoms with Gasteiger partial charge in [-0.05, 0) is 24.3 Å². The molecular weight excluding hydrogens is 360 g/mol. The summed E-state index contributed by atoms with van der Waals surface area (Å²) in [7, 11) is 0. The highest BCUT2D eigenvalue weighted by Crippen LogP contribution is 2.23. The molecule has 1 rings (SSSR count). The predicted molar refractivity (Wildman–Crippen MR) is 97.2 cm³/mol. The van der Waals surface area contributed by atoms with Gasteiger partial charge in [0, 0.05) is 28.7 Å². The summed E-state index contributed by atoms with van der Waals surface area (Å²) in [5.74, 6) is -0.861. The lowest BCUT2D eigenvalue weighted by Crippen LogP contribution is -2.24. The molecule has 0 radical (unpaired) electrons. The Balaban J connectivity index is 2.34. The number of rotatable bonds is 12. The smallest absolute Gasteiger partial charge is 0.331 e. The molecule has 1 aromatic rings. The molecule has 7 nitrogen and oxygen atoms in total. The van der Waals surface area contributed by atoms with E-state index in [9.17, 15) is 19.8 Å². The molecule has 0 heterocycles. The first-order valence-corrected chi connectivity index (χ1v) is 8.72. The van der Waals surface area contributed by atoms with E-state index in [1.54, 1.807) is 24.3 Å². The summed E-state index contributed by atoms with van der Waals surface area (Å²) < 4.78 is 10.1. The molecule has 0 saturated carbocycles. The number of aliphatic hydroxyl groups is 2. The molecule has 0 fully saturated rings. The fourth-order valence-corrected chi connectivity index (χ4v) is 2.56. The largest absolute Gasteiger partial charge is 0.491 e. The van der Waals surface area contributed by atoms with Crippen LogP contribution in [0.3, 0.4) is 0 Å². The van der Waals surface area contributed by atoms with Crippen LogP contribution in [0.15, 0.2) is 54.0 Å². The normalized spacial score (nSPS) is 12.7. The Hall–Kier alpha value is -2.29. The standard InChI is InChI=1S/C18H22O7S/c1-3-17(21)25-10-14(20)9-24-15-4-6-16(7-5-15)26-11-13(19)8-12(2)18(22)23/h3-7,13-14,19-20H,1-2,8-11H2,(H,22,23). The van der Waals surface area contributed by atoms with Crippen molar-refractivity contribution in [1.29, 1.82) is 0 Å². The summed E-state index contributed by atoms with van der Waals surface area (Å²) in [6.45, 7) is 6.42. The minimum atomic E-state index is -1.11. The van der Waals surface area contributed by atoms with E-state index in [1.807, 2.05) is 0 Å². The Bertz CT molecular complexity index is 627. The Morgan fingerprint density at radius 1 is 1.15 bits per heavy atom. The van der Waals surface area contributed by atoms with E-state index in [-0.39, 0.29) is 25.2 Å². The molecule has 142 valence electrons. The molecule has 0 amide bonds. The molecular formula is C18H22O7S. The Morgan fingerprint density at radius 2 is 1.81 bits per heavy atom. The van der Waals surface area contributed by atoms with Crippen LogP contribution < -0.4 is 4.74 Å². The van der Waals surface area contributed by atoms with E-state index in [2.05, 4.69) is 13.2 Å². The number of esters is 1. The highest BCUT2D eigenvalue weighted by Gasteiger charge is 2.12. The van der Waals surface area contributed by atoms with Gasteiger partial charge >= 0.3 is 11.9 Å². The van der Waals surface area contributed by atoms with Crippen LogP contribution in [-0.4, -0.2) is 58.4 Å². The first-order valence-electron chi connectivity index (χ1n) is 7.74. The molecule has 26 heavy (non-hydrogen) atoms. The number of aliphatic hydroxyl groups excluding tert-OH is 2.